The number of amides is 2. The van der Waals surface area contributed by atoms with E-state index in [0.717, 1.165) is 0 Å². The van der Waals surface area contributed by atoms with E-state index in [9.17, 15) is 9.59 Å². The second-order valence-corrected chi connectivity index (χ2v) is 5.78. The Morgan fingerprint density at radius 3 is 2.00 bits per heavy atom. The maximum atomic E-state index is 12.1. The fourth-order valence-electron chi connectivity index (χ4n) is 2.02. The molecule has 1 aliphatic rings. The summed E-state index contributed by atoms with van der Waals surface area (Å²) in [6, 6.07) is 0. The van der Waals surface area contributed by atoms with E-state index in [2.05, 4.69) is 5.32 Å². The summed E-state index contributed by atoms with van der Waals surface area (Å²) >= 11 is 0. The lowest BCUT2D eigenvalue weighted by atomic mass is 9.94. The minimum absolute atomic E-state index is 0.171. The number of hydrogen-bond donors (Lipinski definition) is 1. The van der Waals surface area contributed by atoms with E-state index in [1.54, 1.807) is 0 Å². The van der Waals surface area contributed by atoms with Gasteiger partial charge in [0.1, 0.15) is 0 Å². The van der Waals surface area contributed by atoms with Gasteiger partial charge in [0.2, 0.25) is 11.8 Å². The van der Waals surface area contributed by atoms with Crippen molar-refractivity contribution < 1.29 is 9.59 Å². The summed E-state index contributed by atoms with van der Waals surface area (Å²) in [5, 5.41) is 2.97. The Morgan fingerprint density at radius 2 is 1.56 bits per heavy atom. The summed E-state index contributed by atoms with van der Waals surface area (Å²) in [6.07, 6.45) is 0.531. The summed E-state index contributed by atoms with van der Waals surface area (Å²) in [7, 11) is 1.84. The van der Waals surface area contributed by atoms with Gasteiger partial charge in [-0.05, 0) is 7.05 Å². The summed E-state index contributed by atoms with van der Waals surface area (Å²) in [4.78, 5) is 27.6. The Hall–Kier alpha value is -1.10. The zero-order chi connectivity index (χ0) is 13.8. The van der Waals surface area contributed by atoms with Gasteiger partial charge in [0.05, 0.1) is 0 Å². The molecule has 1 saturated heterocycles. The Bertz CT molecular complexity index is 302. The molecule has 1 rings (SSSR count). The molecule has 1 heterocycles. The van der Waals surface area contributed by atoms with Gasteiger partial charge in [0.15, 0.2) is 0 Å². The van der Waals surface area contributed by atoms with Gasteiger partial charge in [0.25, 0.3) is 0 Å². The first-order chi connectivity index (χ1) is 8.36. The van der Waals surface area contributed by atoms with E-state index in [4.69, 9.17) is 0 Å². The van der Waals surface area contributed by atoms with Crippen molar-refractivity contribution in [1.82, 2.24) is 15.1 Å². The SMILES string of the molecule is CNCCC(=O)N1CCN(C(=O)C(C)(C)C)CC1. The summed E-state index contributed by atoms with van der Waals surface area (Å²) in [6.45, 7) is 9.12. The molecule has 0 spiro atoms. The van der Waals surface area contributed by atoms with Gasteiger partial charge >= 0.3 is 0 Å². The van der Waals surface area contributed by atoms with Crippen LogP contribution in [0.15, 0.2) is 0 Å². The van der Waals surface area contributed by atoms with Crippen molar-refractivity contribution in [2.75, 3.05) is 39.8 Å². The van der Waals surface area contributed by atoms with Crippen molar-refractivity contribution in [3.63, 3.8) is 0 Å². The Balaban J connectivity index is 2.41. The van der Waals surface area contributed by atoms with E-state index in [0.29, 0.717) is 39.1 Å². The van der Waals surface area contributed by atoms with Crippen LogP contribution in [0, 0.1) is 5.41 Å². The number of nitrogens with one attached hydrogen (secondary N) is 1. The average molecular weight is 255 g/mol. The third kappa shape index (κ3) is 3.98. The van der Waals surface area contributed by atoms with E-state index in [1.165, 1.54) is 0 Å². The Labute approximate surface area is 110 Å². The number of nitrogens with zero attached hydrogens (tertiary/aromatic N) is 2. The number of piperazine rings is 1. The molecule has 5 heteroatoms. The van der Waals surface area contributed by atoms with Crippen LogP contribution >= 0.6 is 0 Å². The molecule has 1 N–H and O–H groups in total. The normalized spacial score (nSPS) is 16.9. The monoisotopic (exact) mass is 255 g/mol. The van der Waals surface area contributed by atoms with Gasteiger partial charge in [0, 0.05) is 44.6 Å². The molecule has 0 atom stereocenters. The van der Waals surface area contributed by atoms with Gasteiger partial charge in [-0.15, -0.1) is 0 Å². The lowest BCUT2D eigenvalue weighted by molar-refractivity contribution is -0.144. The van der Waals surface area contributed by atoms with Crippen LogP contribution in [-0.2, 0) is 9.59 Å². The minimum atomic E-state index is -0.335. The highest BCUT2D eigenvalue weighted by Gasteiger charge is 2.30. The first kappa shape index (κ1) is 15.0. The molecular weight excluding hydrogens is 230 g/mol. The fraction of sp³-hybridized carbons (Fsp3) is 0.846. The highest BCUT2D eigenvalue weighted by atomic mass is 16.2. The molecule has 1 aliphatic heterocycles. The Kier molecular flexibility index (Phi) is 5.14. The summed E-state index contributed by atoms with van der Waals surface area (Å²) in [5.41, 5.74) is -0.335. The van der Waals surface area contributed by atoms with Gasteiger partial charge in [-0.25, -0.2) is 0 Å². The molecular formula is C13H25N3O2. The zero-order valence-electron chi connectivity index (χ0n) is 12.0. The largest absolute Gasteiger partial charge is 0.339 e. The van der Waals surface area contributed by atoms with Gasteiger partial charge < -0.3 is 15.1 Å². The molecule has 5 nitrogen and oxygen atoms in total. The van der Waals surface area contributed by atoms with Crippen LogP contribution in [0.1, 0.15) is 27.2 Å². The molecule has 0 saturated carbocycles. The zero-order valence-corrected chi connectivity index (χ0v) is 12.0. The lowest BCUT2D eigenvalue weighted by Gasteiger charge is -2.37. The van der Waals surface area contributed by atoms with E-state index in [-0.39, 0.29) is 17.2 Å². The van der Waals surface area contributed by atoms with Crippen LogP contribution in [-0.4, -0.2) is 61.4 Å². The topological polar surface area (TPSA) is 52.7 Å². The molecule has 0 aromatic carbocycles. The van der Waals surface area contributed by atoms with Crippen LogP contribution in [0.25, 0.3) is 0 Å². The standard InChI is InChI=1S/C13H25N3O2/c1-13(2,3)12(18)16-9-7-15(8-10-16)11(17)5-6-14-4/h14H,5-10H2,1-4H3. The number of carbonyl (C=O) groups excluding carboxylic acids is 2. The molecule has 104 valence electrons. The van der Waals surface area contributed by atoms with Gasteiger partial charge in [-0.1, -0.05) is 20.8 Å². The van der Waals surface area contributed by atoms with Gasteiger partial charge in [-0.2, -0.15) is 0 Å². The van der Waals surface area contributed by atoms with Crippen molar-refractivity contribution >= 4 is 11.8 Å². The van der Waals surface area contributed by atoms with E-state index < -0.39 is 0 Å². The Morgan fingerprint density at radius 1 is 1.06 bits per heavy atom. The van der Waals surface area contributed by atoms with Crippen molar-refractivity contribution in [3.8, 4) is 0 Å². The molecule has 0 unspecified atom stereocenters. The second-order valence-electron chi connectivity index (χ2n) is 5.78. The second kappa shape index (κ2) is 6.18. The summed E-state index contributed by atoms with van der Waals surface area (Å²) in [5.74, 6) is 0.344. The maximum Gasteiger partial charge on any atom is 0.228 e. The van der Waals surface area contributed by atoms with Crippen molar-refractivity contribution in [2.45, 2.75) is 27.2 Å². The van der Waals surface area contributed by atoms with Crippen LogP contribution in [0.3, 0.4) is 0 Å². The molecule has 0 radical (unpaired) electrons. The molecule has 0 aliphatic carbocycles. The molecule has 18 heavy (non-hydrogen) atoms. The van der Waals surface area contributed by atoms with E-state index in [1.807, 2.05) is 37.6 Å². The molecule has 1 fully saturated rings. The number of carbonyl (C=O) groups is 2. The van der Waals surface area contributed by atoms with Crippen LogP contribution < -0.4 is 5.32 Å². The number of hydrogen-bond acceptors (Lipinski definition) is 3. The quantitative estimate of drug-likeness (QED) is 0.790. The third-order valence-electron chi connectivity index (χ3n) is 3.15. The van der Waals surface area contributed by atoms with Gasteiger partial charge in [-0.3, -0.25) is 9.59 Å². The smallest absolute Gasteiger partial charge is 0.228 e. The first-order valence-corrected chi connectivity index (χ1v) is 6.58. The third-order valence-corrected chi connectivity index (χ3v) is 3.15. The van der Waals surface area contributed by atoms with Crippen LogP contribution in [0.2, 0.25) is 0 Å². The first-order valence-electron chi connectivity index (χ1n) is 6.58. The highest BCUT2D eigenvalue weighted by molar-refractivity contribution is 5.82. The highest BCUT2D eigenvalue weighted by Crippen LogP contribution is 2.18. The fourth-order valence-corrected chi connectivity index (χ4v) is 2.02. The average Bonchev–Trinajstić information content (AvgIpc) is 2.34. The maximum absolute atomic E-state index is 12.1. The van der Waals surface area contributed by atoms with Crippen LogP contribution in [0.5, 0.6) is 0 Å². The lowest BCUT2D eigenvalue weighted by Crippen LogP contribution is -2.53. The molecule has 2 amide bonds. The minimum Gasteiger partial charge on any atom is -0.339 e. The molecule has 0 aromatic heterocycles. The predicted molar refractivity (Wildman–Crippen MR) is 71.2 cm³/mol. The van der Waals surface area contributed by atoms with E-state index >= 15 is 0 Å². The van der Waals surface area contributed by atoms with Crippen molar-refractivity contribution in [3.05, 3.63) is 0 Å². The molecule has 0 bridgehead atoms. The predicted octanol–water partition coefficient (Wildman–Crippen LogP) is 0.313. The van der Waals surface area contributed by atoms with Crippen molar-refractivity contribution in [2.24, 2.45) is 5.41 Å². The molecule has 0 aromatic rings. The van der Waals surface area contributed by atoms with Crippen molar-refractivity contribution in [1.29, 1.82) is 0 Å². The number of rotatable bonds is 3. The summed E-state index contributed by atoms with van der Waals surface area (Å²) < 4.78 is 0. The van der Waals surface area contributed by atoms with Crippen LogP contribution in [0.4, 0.5) is 0 Å².